The number of carbonyl (C=O) groups is 1. The lowest BCUT2D eigenvalue weighted by molar-refractivity contribution is -0.113. The van der Waals surface area contributed by atoms with Gasteiger partial charge in [0.25, 0.3) is 0 Å². The molecule has 0 amide bonds. The summed E-state index contributed by atoms with van der Waals surface area (Å²) in [5, 5.41) is 30.5. The molecule has 2 aromatic carbocycles. The molecule has 8 heteroatoms. The molecule has 0 spiro atoms. The van der Waals surface area contributed by atoms with Crippen LogP contribution >= 0.6 is 11.3 Å². The molecule has 3 aromatic rings. The zero-order valence-corrected chi connectivity index (χ0v) is 16.3. The SMILES string of the molecule is CC(=O)/C(N=Nc1ccc(-c2nnc(NCc3ccccc3)s2)cc1)=C(/C)O. The highest BCUT2D eigenvalue weighted by Gasteiger charge is 2.08. The molecule has 0 fully saturated rings. The topological polar surface area (TPSA) is 99.8 Å². The summed E-state index contributed by atoms with van der Waals surface area (Å²) in [7, 11) is 0. The molecule has 0 radical (unpaired) electrons. The van der Waals surface area contributed by atoms with E-state index in [4.69, 9.17) is 0 Å². The highest BCUT2D eigenvalue weighted by molar-refractivity contribution is 7.18. The van der Waals surface area contributed by atoms with Crippen molar-refractivity contribution < 1.29 is 9.90 Å². The van der Waals surface area contributed by atoms with E-state index in [1.165, 1.54) is 30.7 Å². The molecule has 0 unspecified atom stereocenters. The van der Waals surface area contributed by atoms with E-state index in [0.29, 0.717) is 12.2 Å². The van der Waals surface area contributed by atoms with E-state index < -0.39 is 0 Å². The number of anilines is 1. The fraction of sp³-hybridized carbons (Fsp3) is 0.150. The highest BCUT2D eigenvalue weighted by atomic mass is 32.1. The van der Waals surface area contributed by atoms with Crippen LogP contribution in [0.3, 0.4) is 0 Å². The number of nitrogens with one attached hydrogen (secondary N) is 1. The number of hydrogen-bond acceptors (Lipinski definition) is 8. The molecule has 0 aliphatic heterocycles. The summed E-state index contributed by atoms with van der Waals surface area (Å²) in [6.07, 6.45) is 0. The minimum absolute atomic E-state index is 0.0534. The molecule has 0 aliphatic carbocycles. The molecule has 0 saturated carbocycles. The van der Waals surface area contributed by atoms with Gasteiger partial charge in [-0.3, -0.25) is 4.79 Å². The summed E-state index contributed by atoms with van der Waals surface area (Å²) in [6.45, 7) is 3.42. The number of hydrogen-bond donors (Lipinski definition) is 2. The number of aromatic nitrogens is 2. The van der Waals surface area contributed by atoms with Crippen LogP contribution in [0.5, 0.6) is 0 Å². The van der Waals surface area contributed by atoms with E-state index in [0.717, 1.165) is 15.7 Å². The van der Waals surface area contributed by atoms with Gasteiger partial charge in [-0.1, -0.05) is 41.7 Å². The first kappa shape index (κ1) is 19.4. The average molecular weight is 393 g/mol. The van der Waals surface area contributed by atoms with E-state index in [1.54, 1.807) is 12.1 Å². The summed E-state index contributed by atoms with van der Waals surface area (Å²) in [4.78, 5) is 11.4. The third kappa shape index (κ3) is 5.08. The summed E-state index contributed by atoms with van der Waals surface area (Å²) in [6, 6.07) is 17.3. The van der Waals surface area contributed by atoms with E-state index in [9.17, 15) is 9.90 Å². The van der Waals surface area contributed by atoms with Crippen LogP contribution in [0.4, 0.5) is 10.8 Å². The van der Waals surface area contributed by atoms with Crippen molar-refractivity contribution in [2.45, 2.75) is 20.4 Å². The molecule has 1 aromatic heterocycles. The molecule has 0 aliphatic rings. The third-order valence-corrected chi connectivity index (χ3v) is 4.70. The molecule has 1 heterocycles. The quantitative estimate of drug-likeness (QED) is 0.323. The predicted octanol–water partition coefficient (Wildman–Crippen LogP) is 5.28. The van der Waals surface area contributed by atoms with Gasteiger partial charge in [0.15, 0.2) is 11.5 Å². The van der Waals surface area contributed by atoms with Crippen LogP contribution < -0.4 is 5.32 Å². The number of aliphatic hydroxyl groups is 1. The molecular formula is C20H19N5O2S. The number of azo groups is 1. The molecule has 2 N–H and O–H groups in total. The van der Waals surface area contributed by atoms with Crippen molar-refractivity contribution in [1.82, 2.24) is 10.2 Å². The lowest BCUT2D eigenvalue weighted by atomic mass is 10.2. The van der Waals surface area contributed by atoms with Crippen molar-refractivity contribution >= 4 is 27.9 Å². The fourth-order valence-corrected chi connectivity index (χ4v) is 3.11. The second-order valence-electron chi connectivity index (χ2n) is 5.99. The van der Waals surface area contributed by atoms with Gasteiger partial charge in [0.05, 0.1) is 5.69 Å². The number of rotatable bonds is 7. The van der Waals surface area contributed by atoms with Crippen LogP contribution in [0.15, 0.2) is 76.3 Å². The maximum absolute atomic E-state index is 11.4. The van der Waals surface area contributed by atoms with Crippen molar-refractivity contribution in [2.24, 2.45) is 10.2 Å². The number of benzene rings is 2. The highest BCUT2D eigenvalue weighted by Crippen LogP contribution is 2.28. The number of nitrogens with zero attached hydrogens (tertiary/aromatic N) is 4. The largest absolute Gasteiger partial charge is 0.510 e. The molecule has 142 valence electrons. The van der Waals surface area contributed by atoms with Crippen molar-refractivity contribution in [3.05, 3.63) is 71.6 Å². The summed E-state index contributed by atoms with van der Waals surface area (Å²) in [5.41, 5.74) is 2.59. The first-order chi connectivity index (χ1) is 13.5. The fourth-order valence-electron chi connectivity index (χ4n) is 2.36. The third-order valence-electron chi connectivity index (χ3n) is 3.77. The molecule has 7 nitrogen and oxygen atoms in total. The number of ketones is 1. The van der Waals surface area contributed by atoms with Gasteiger partial charge in [-0.05, 0) is 36.8 Å². The smallest absolute Gasteiger partial charge is 0.206 e. The summed E-state index contributed by atoms with van der Waals surface area (Å²) >= 11 is 1.46. The Morgan fingerprint density at radius 3 is 2.43 bits per heavy atom. The first-order valence-electron chi connectivity index (χ1n) is 8.57. The Balaban J connectivity index is 1.66. The Bertz CT molecular complexity index is 1010. The van der Waals surface area contributed by atoms with Crippen LogP contribution in [-0.4, -0.2) is 21.1 Å². The number of carbonyl (C=O) groups excluding carboxylic acids is 1. The van der Waals surface area contributed by atoms with Gasteiger partial charge in [0.1, 0.15) is 10.8 Å². The molecule has 0 saturated heterocycles. The summed E-state index contributed by atoms with van der Waals surface area (Å²) in [5.74, 6) is -0.498. The van der Waals surface area contributed by atoms with Crippen LogP contribution in [0.25, 0.3) is 10.6 Å². The minimum atomic E-state index is -0.343. The second kappa shape index (κ2) is 9.01. The Morgan fingerprint density at radius 2 is 1.79 bits per heavy atom. The standard InChI is InChI=1S/C20H19N5O2S/c1-13(26)18(14(2)27)23-22-17-10-8-16(9-11-17)19-24-25-20(28-19)21-12-15-6-4-3-5-7-15/h3-11,26H,12H2,1-2H3,(H,21,25)/b18-13+,23-22?. The van der Waals surface area contributed by atoms with Gasteiger partial charge >= 0.3 is 0 Å². The van der Waals surface area contributed by atoms with Crippen molar-refractivity contribution in [2.75, 3.05) is 5.32 Å². The first-order valence-corrected chi connectivity index (χ1v) is 9.39. The van der Waals surface area contributed by atoms with Crippen LogP contribution in [0.2, 0.25) is 0 Å². The van der Waals surface area contributed by atoms with Crippen LogP contribution in [-0.2, 0) is 11.3 Å². The number of aliphatic hydroxyl groups excluding tert-OH is 1. The van der Waals surface area contributed by atoms with E-state index in [2.05, 4.69) is 25.7 Å². The van der Waals surface area contributed by atoms with E-state index in [-0.39, 0.29) is 17.2 Å². The van der Waals surface area contributed by atoms with Crippen LogP contribution in [0.1, 0.15) is 19.4 Å². The normalized spacial score (nSPS) is 12.1. The Morgan fingerprint density at radius 1 is 1.07 bits per heavy atom. The molecule has 0 atom stereocenters. The zero-order chi connectivity index (χ0) is 19.9. The Hall–Kier alpha value is -3.39. The summed E-state index contributed by atoms with van der Waals surface area (Å²) < 4.78 is 0. The van der Waals surface area contributed by atoms with Gasteiger partial charge in [-0.25, -0.2) is 0 Å². The Labute approximate surface area is 166 Å². The van der Waals surface area contributed by atoms with Crippen molar-refractivity contribution in [3.63, 3.8) is 0 Å². The molecule has 3 rings (SSSR count). The predicted molar refractivity (Wildman–Crippen MR) is 110 cm³/mol. The van der Waals surface area contributed by atoms with Gasteiger partial charge < -0.3 is 10.4 Å². The van der Waals surface area contributed by atoms with Crippen molar-refractivity contribution in [1.29, 1.82) is 0 Å². The lowest BCUT2D eigenvalue weighted by Crippen LogP contribution is -1.98. The average Bonchev–Trinajstić information content (AvgIpc) is 3.16. The maximum atomic E-state index is 11.4. The number of Topliss-reactive ketones (excluding diaryl/α,β-unsaturated/α-hetero) is 1. The monoisotopic (exact) mass is 393 g/mol. The molecule has 28 heavy (non-hydrogen) atoms. The molecular weight excluding hydrogens is 374 g/mol. The maximum Gasteiger partial charge on any atom is 0.206 e. The van der Waals surface area contributed by atoms with Gasteiger partial charge in [-0.2, -0.15) is 5.11 Å². The second-order valence-corrected chi connectivity index (χ2v) is 6.97. The lowest BCUT2D eigenvalue weighted by Gasteiger charge is -2.01. The van der Waals surface area contributed by atoms with Crippen LogP contribution in [0, 0.1) is 0 Å². The van der Waals surface area contributed by atoms with Gasteiger partial charge in [-0.15, -0.1) is 15.3 Å². The molecule has 0 bridgehead atoms. The minimum Gasteiger partial charge on any atom is -0.510 e. The Kier molecular flexibility index (Phi) is 6.23. The number of allylic oxidation sites excluding steroid dienone is 2. The van der Waals surface area contributed by atoms with E-state index in [1.807, 2.05) is 42.5 Å². The zero-order valence-electron chi connectivity index (χ0n) is 15.5. The van der Waals surface area contributed by atoms with Gasteiger partial charge in [0, 0.05) is 19.0 Å². The van der Waals surface area contributed by atoms with E-state index >= 15 is 0 Å². The van der Waals surface area contributed by atoms with Crippen molar-refractivity contribution in [3.8, 4) is 10.6 Å². The van der Waals surface area contributed by atoms with Gasteiger partial charge in [0.2, 0.25) is 5.13 Å².